The largest absolute Gasteiger partial charge is 0.481 e. The molecule has 0 aliphatic rings. The van der Waals surface area contributed by atoms with Crippen molar-refractivity contribution in [3.8, 4) is 0 Å². The van der Waals surface area contributed by atoms with Crippen LogP contribution in [0.1, 0.15) is 36.5 Å². The number of aliphatic carboxylic acids is 1. The highest BCUT2D eigenvalue weighted by atomic mass is 16.4. The van der Waals surface area contributed by atoms with Crippen molar-refractivity contribution in [2.45, 2.75) is 26.2 Å². The maximum Gasteiger partial charge on any atom is 0.335 e. The molecule has 0 aliphatic carbocycles. The van der Waals surface area contributed by atoms with Crippen molar-refractivity contribution in [2.24, 2.45) is 0 Å². The zero-order valence-corrected chi connectivity index (χ0v) is 9.22. The normalized spacial score (nSPS) is 8.81. The molecule has 4 heteroatoms. The Hall–Kier alpha value is -1.84. The van der Waals surface area contributed by atoms with Gasteiger partial charge in [-0.25, -0.2) is 4.79 Å². The first-order valence-electron chi connectivity index (χ1n) is 5.08. The van der Waals surface area contributed by atoms with Crippen LogP contribution in [-0.4, -0.2) is 22.2 Å². The Bertz CT molecular complexity index is 319. The number of carboxylic acid groups (broad SMARTS) is 2. The van der Waals surface area contributed by atoms with Crippen LogP contribution < -0.4 is 0 Å². The molecule has 1 aromatic carbocycles. The maximum atomic E-state index is 10.2. The molecule has 0 amide bonds. The molecule has 4 nitrogen and oxygen atoms in total. The van der Waals surface area contributed by atoms with E-state index in [0.717, 1.165) is 12.8 Å². The van der Waals surface area contributed by atoms with E-state index >= 15 is 0 Å². The van der Waals surface area contributed by atoms with E-state index in [-0.39, 0.29) is 0 Å². The van der Waals surface area contributed by atoms with E-state index in [2.05, 4.69) is 0 Å². The van der Waals surface area contributed by atoms with Crippen LogP contribution in [-0.2, 0) is 4.79 Å². The summed E-state index contributed by atoms with van der Waals surface area (Å²) in [5.41, 5.74) is 0.331. The Morgan fingerprint density at radius 2 is 1.69 bits per heavy atom. The second kappa shape index (κ2) is 8.47. The van der Waals surface area contributed by atoms with Gasteiger partial charge in [0, 0.05) is 6.42 Å². The van der Waals surface area contributed by atoms with Crippen LogP contribution in [0.4, 0.5) is 0 Å². The van der Waals surface area contributed by atoms with Gasteiger partial charge >= 0.3 is 11.9 Å². The Labute approximate surface area is 94.5 Å². The smallest absolute Gasteiger partial charge is 0.335 e. The minimum absolute atomic E-state index is 0.316. The summed E-state index contributed by atoms with van der Waals surface area (Å²) in [5.74, 6) is -1.57. The Morgan fingerprint density at radius 1 is 1.12 bits per heavy atom. The SMILES string of the molecule is CCCCC(=O)O.O=C(O)c1ccccc1. The van der Waals surface area contributed by atoms with Gasteiger partial charge in [-0.3, -0.25) is 4.79 Å². The number of carbonyl (C=O) groups is 2. The molecule has 0 fully saturated rings. The van der Waals surface area contributed by atoms with Gasteiger partial charge in [0.25, 0.3) is 0 Å². The molecule has 0 unspecified atom stereocenters. The van der Waals surface area contributed by atoms with Crippen LogP contribution in [0, 0.1) is 0 Å². The summed E-state index contributed by atoms with van der Waals surface area (Å²) < 4.78 is 0. The Balaban J connectivity index is 0.000000293. The van der Waals surface area contributed by atoms with Gasteiger partial charge in [-0.1, -0.05) is 31.5 Å². The predicted molar refractivity (Wildman–Crippen MR) is 60.6 cm³/mol. The van der Waals surface area contributed by atoms with Gasteiger partial charge < -0.3 is 10.2 Å². The van der Waals surface area contributed by atoms with Gasteiger partial charge in [0.2, 0.25) is 0 Å². The zero-order chi connectivity index (χ0) is 12.4. The maximum absolute atomic E-state index is 10.2. The first-order chi connectivity index (χ1) is 7.57. The second-order valence-corrected chi connectivity index (χ2v) is 3.17. The summed E-state index contributed by atoms with van der Waals surface area (Å²) in [5, 5.41) is 16.4. The van der Waals surface area contributed by atoms with E-state index in [4.69, 9.17) is 10.2 Å². The highest BCUT2D eigenvalue weighted by Gasteiger charge is 1.96. The van der Waals surface area contributed by atoms with Crippen molar-refractivity contribution in [1.29, 1.82) is 0 Å². The minimum atomic E-state index is -0.879. The molecule has 0 aliphatic heterocycles. The molecule has 0 saturated carbocycles. The van der Waals surface area contributed by atoms with Crippen molar-refractivity contribution in [2.75, 3.05) is 0 Å². The monoisotopic (exact) mass is 224 g/mol. The highest BCUT2D eigenvalue weighted by Crippen LogP contribution is 1.96. The number of hydrogen-bond donors (Lipinski definition) is 2. The average molecular weight is 224 g/mol. The summed E-state index contributed by atoms with van der Waals surface area (Å²) in [6.07, 6.45) is 2.08. The highest BCUT2D eigenvalue weighted by molar-refractivity contribution is 5.87. The Morgan fingerprint density at radius 3 is 1.94 bits per heavy atom. The van der Waals surface area contributed by atoms with Crippen LogP contribution in [0.25, 0.3) is 0 Å². The van der Waals surface area contributed by atoms with Gasteiger partial charge in [0.1, 0.15) is 0 Å². The molecular formula is C12H16O4. The number of benzene rings is 1. The van der Waals surface area contributed by atoms with Gasteiger partial charge in [-0.05, 0) is 18.6 Å². The topological polar surface area (TPSA) is 74.6 Å². The van der Waals surface area contributed by atoms with Crippen molar-refractivity contribution in [1.82, 2.24) is 0 Å². The molecule has 1 rings (SSSR count). The molecule has 0 heterocycles. The van der Waals surface area contributed by atoms with Gasteiger partial charge in [-0.15, -0.1) is 0 Å². The van der Waals surface area contributed by atoms with Crippen LogP contribution in [0.2, 0.25) is 0 Å². The summed E-state index contributed by atoms with van der Waals surface area (Å²) in [4.78, 5) is 20.0. The van der Waals surface area contributed by atoms with Crippen molar-refractivity contribution >= 4 is 11.9 Å². The predicted octanol–water partition coefficient (Wildman–Crippen LogP) is 2.65. The zero-order valence-electron chi connectivity index (χ0n) is 9.22. The number of aromatic carboxylic acids is 1. The molecule has 0 saturated heterocycles. The molecule has 0 spiro atoms. The number of hydrogen-bond acceptors (Lipinski definition) is 2. The van der Waals surface area contributed by atoms with Crippen molar-refractivity contribution in [3.05, 3.63) is 35.9 Å². The summed E-state index contributed by atoms with van der Waals surface area (Å²) in [7, 11) is 0. The third-order valence-electron chi connectivity index (χ3n) is 1.76. The van der Waals surface area contributed by atoms with Crippen LogP contribution in [0.15, 0.2) is 30.3 Å². The van der Waals surface area contributed by atoms with E-state index in [9.17, 15) is 9.59 Å². The molecule has 0 radical (unpaired) electrons. The fourth-order valence-corrected chi connectivity index (χ4v) is 0.909. The molecule has 88 valence electrons. The van der Waals surface area contributed by atoms with Crippen molar-refractivity contribution < 1.29 is 19.8 Å². The van der Waals surface area contributed by atoms with Gasteiger partial charge in [-0.2, -0.15) is 0 Å². The Kier molecular flexibility index (Phi) is 7.49. The van der Waals surface area contributed by atoms with Crippen LogP contribution >= 0.6 is 0 Å². The van der Waals surface area contributed by atoms with Crippen molar-refractivity contribution in [3.63, 3.8) is 0 Å². The third-order valence-corrected chi connectivity index (χ3v) is 1.76. The summed E-state index contributed by atoms with van der Waals surface area (Å²) in [6, 6.07) is 8.30. The summed E-state index contributed by atoms with van der Waals surface area (Å²) in [6.45, 7) is 1.98. The molecule has 1 aromatic rings. The lowest BCUT2D eigenvalue weighted by atomic mass is 10.2. The number of carboxylic acids is 2. The van der Waals surface area contributed by atoms with E-state index < -0.39 is 11.9 Å². The fourth-order valence-electron chi connectivity index (χ4n) is 0.909. The molecule has 0 aromatic heterocycles. The lowest BCUT2D eigenvalue weighted by Crippen LogP contribution is -1.93. The van der Waals surface area contributed by atoms with E-state index in [1.165, 1.54) is 0 Å². The molecule has 2 N–H and O–H groups in total. The van der Waals surface area contributed by atoms with Gasteiger partial charge in [0.15, 0.2) is 0 Å². The molecule has 0 bridgehead atoms. The van der Waals surface area contributed by atoms with Crippen LogP contribution in [0.3, 0.4) is 0 Å². The standard InChI is InChI=1S/C7H6O2.C5H10O2/c8-7(9)6-4-2-1-3-5-6;1-2-3-4-5(6)7/h1-5H,(H,8,9);2-4H2,1H3,(H,6,7). The minimum Gasteiger partial charge on any atom is -0.481 e. The lowest BCUT2D eigenvalue weighted by Gasteiger charge is -1.88. The molecular weight excluding hydrogens is 208 g/mol. The second-order valence-electron chi connectivity index (χ2n) is 3.17. The summed E-state index contributed by atoms with van der Waals surface area (Å²) >= 11 is 0. The fraction of sp³-hybridized carbons (Fsp3) is 0.333. The first kappa shape index (κ1) is 14.2. The molecule has 16 heavy (non-hydrogen) atoms. The third kappa shape index (κ3) is 7.55. The van der Waals surface area contributed by atoms with E-state index in [0.29, 0.717) is 12.0 Å². The molecule has 0 atom stereocenters. The number of rotatable bonds is 4. The first-order valence-corrected chi connectivity index (χ1v) is 5.08. The van der Waals surface area contributed by atoms with Crippen LogP contribution in [0.5, 0.6) is 0 Å². The average Bonchev–Trinajstić information content (AvgIpc) is 2.28. The lowest BCUT2D eigenvalue weighted by molar-refractivity contribution is -0.137. The number of unbranched alkanes of at least 4 members (excludes halogenated alkanes) is 1. The van der Waals surface area contributed by atoms with E-state index in [1.807, 2.05) is 6.92 Å². The van der Waals surface area contributed by atoms with E-state index in [1.54, 1.807) is 30.3 Å². The van der Waals surface area contributed by atoms with Gasteiger partial charge in [0.05, 0.1) is 5.56 Å². The quantitative estimate of drug-likeness (QED) is 0.824.